The molecular weight excluding hydrogens is 450 g/mol. The predicted molar refractivity (Wildman–Crippen MR) is 106 cm³/mol. The van der Waals surface area contributed by atoms with Crippen LogP contribution in [0, 0.1) is 6.92 Å². The number of aliphatic carboxylic acids is 1. The van der Waals surface area contributed by atoms with Crippen LogP contribution in [0.3, 0.4) is 0 Å². The molecule has 1 atom stereocenters. The standard InChI is InChI=1S/C19H14Cl2F3NO3S/c1-10-4-11(2-3-16(10)29-9-17(26)27)15-8-18(28-25-15,19(22,23)24)12-5-13(20)7-14(21)6-12/h2-7H,8-9H2,1H3,(H,26,27). The van der Waals surface area contributed by atoms with Gasteiger partial charge in [-0.3, -0.25) is 4.79 Å². The van der Waals surface area contributed by atoms with Gasteiger partial charge in [0.15, 0.2) is 0 Å². The van der Waals surface area contributed by atoms with Crippen molar-refractivity contribution < 1.29 is 27.9 Å². The quantitative estimate of drug-likeness (QED) is 0.547. The fraction of sp³-hybridized carbons (Fsp3) is 0.263. The van der Waals surface area contributed by atoms with E-state index in [1.807, 2.05) is 0 Å². The largest absolute Gasteiger partial charge is 0.481 e. The zero-order chi connectivity index (χ0) is 21.4. The van der Waals surface area contributed by atoms with Crippen LogP contribution in [0.25, 0.3) is 0 Å². The zero-order valence-corrected chi connectivity index (χ0v) is 17.2. The number of aryl methyl sites for hydroxylation is 1. The fourth-order valence-electron chi connectivity index (χ4n) is 2.98. The van der Waals surface area contributed by atoms with Crippen LogP contribution in [-0.2, 0) is 15.2 Å². The van der Waals surface area contributed by atoms with E-state index in [4.69, 9.17) is 33.1 Å². The monoisotopic (exact) mass is 463 g/mol. The Morgan fingerprint density at radius 3 is 2.45 bits per heavy atom. The number of carbonyl (C=O) groups is 1. The Hall–Kier alpha value is -1.90. The number of nitrogens with zero attached hydrogens (tertiary/aromatic N) is 1. The van der Waals surface area contributed by atoms with Crippen molar-refractivity contribution in [3.63, 3.8) is 0 Å². The maximum absolute atomic E-state index is 14.0. The summed E-state index contributed by atoms with van der Waals surface area (Å²) in [4.78, 5) is 16.4. The molecule has 10 heteroatoms. The first-order valence-corrected chi connectivity index (χ1v) is 10.00. The Morgan fingerprint density at radius 1 is 1.24 bits per heavy atom. The summed E-state index contributed by atoms with van der Waals surface area (Å²) in [6.45, 7) is 1.75. The number of rotatable bonds is 5. The molecule has 29 heavy (non-hydrogen) atoms. The topological polar surface area (TPSA) is 58.9 Å². The van der Waals surface area contributed by atoms with Crippen LogP contribution in [-0.4, -0.2) is 28.7 Å². The summed E-state index contributed by atoms with van der Waals surface area (Å²) in [7, 11) is 0. The van der Waals surface area contributed by atoms with E-state index < -0.39 is 24.2 Å². The smallest absolute Gasteiger partial charge is 0.435 e. The third kappa shape index (κ3) is 4.49. The molecule has 0 spiro atoms. The van der Waals surface area contributed by atoms with E-state index in [0.29, 0.717) is 5.56 Å². The lowest BCUT2D eigenvalue weighted by Gasteiger charge is -2.29. The van der Waals surface area contributed by atoms with Gasteiger partial charge in [0.05, 0.1) is 11.5 Å². The van der Waals surface area contributed by atoms with Crippen molar-refractivity contribution in [2.75, 3.05) is 5.75 Å². The molecule has 3 rings (SSSR count). The van der Waals surface area contributed by atoms with Gasteiger partial charge in [-0.2, -0.15) is 13.2 Å². The average molecular weight is 464 g/mol. The number of carboxylic acid groups (broad SMARTS) is 1. The van der Waals surface area contributed by atoms with Crippen molar-refractivity contribution in [1.82, 2.24) is 0 Å². The van der Waals surface area contributed by atoms with E-state index in [2.05, 4.69) is 5.16 Å². The molecule has 2 aromatic carbocycles. The van der Waals surface area contributed by atoms with Crippen LogP contribution in [0.5, 0.6) is 0 Å². The molecule has 1 aliphatic rings. The summed E-state index contributed by atoms with van der Waals surface area (Å²) < 4.78 is 42.1. The fourth-order valence-corrected chi connectivity index (χ4v) is 4.23. The minimum atomic E-state index is -4.77. The number of thioether (sulfide) groups is 1. The van der Waals surface area contributed by atoms with Crippen molar-refractivity contribution in [2.45, 2.75) is 30.0 Å². The summed E-state index contributed by atoms with van der Waals surface area (Å²) in [5.41, 5.74) is -1.61. The summed E-state index contributed by atoms with van der Waals surface area (Å²) in [6.07, 6.45) is -5.31. The van der Waals surface area contributed by atoms with Gasteiger partial charge in [-0.25, -0.2) is 0 Å². The highest BCUT2D eigenvalue weighted by Crippen LogP contribution is 2.49. The Bertz CT molecular complexity index is 977. The average Bonchev–Trinajstić information content (AvgIpc) is 3.06. The summed E-state index contributed by atoms with van der Waals surface area (Å²) in [5, 5.41) is 12.6. The predicted octanol–water partition coefficient (Wildman–Crippen LogP) is 6.06. The molecule has 0 radical (unpaired) electrons. The van der Waals surface area contributed by atoms with Gasteiger partial charge in [0.1, 0.15) is 0 Å². The number of hydrogen-bond acceptors (Lipinski definition) is 4. The SMILES string of the molecule is Cc1cc(C2=NOC(c3cc(Cl)cc(Cl)c3)(C(F)(F)F)C2)ccc1SCC(=O)O. The molecule has 0 saturated heterocycles. The molecule has 1 N–H and O–H groups in total. The molecule has 154 valence electrons. The van der Waals surface area contributed by atoms with Gasteiger partial charge in [0.2, 0.25) is 0 Å². The number of hydrogen-bond donors (Lipinski definition) is 1. The summed E-state index contributed by atoms with van der Waals surface area (Å²) in [6, 6.07) is 8.57. The molecule has 4 nitrogen and oxygen atoms in total. The van der Waals surface area contributed by atoms with Crippen molar-refractivity contribution in [1.29, 1.82) is 0 Å². The number of benzene rings is 2. The second-order valence-corrected chi connectivity index (χ2v) is 8.34. The third-order valence-corrected chi connectivity index (χ3v) is 5.97. The molecule has 0 fully saturated rings. The molecule has 0 aliphatic carbocycles. The number of halogens is 5. The molecule has 0 aromatic heterocycles. The van der Waals surface area contributed by atoms with Gasteiger partial charge >= 0.3 is 12.1 Å². The highest BCUT2D eigenvalue weighted by atomic mass is 35.5. The van der Waals surface area contributed by atoms with Gasteiger partial charge < -0.3 is 9.94 Å². The summed E-state index contributed by atoms with van der Waals surface area (Å²) >= 11 is 12.9. The molecular formula is C19H14Cl2F3NO3S. The second kappa shape index (κ2) is 8.08. The van der Waals surface area contributed by atoms with Gasteiger partial charge in [0, 0.05) is 26.9 Å². The molecule has 0 amide bonds. The third-order valence-electron chi connectivity index (χ3n) is 4.37. The second-order valence-electron chi connectivity index (χ2n) is 6.45. The van der Waals surface area contributed by atoms with E-state index in [0.717, 1.165) is 34.4 Å². The normalized spacial score (nSPS) is 19.0. The van der Waals surface area contributed by atoms with Crippen LogP contribution in [0.1, 0.15) is 23.1 Å². The van der Waals surface area contributed by atoms with Gasteiger partial charge in [-0.15, -0.1) is 11.8 Å². The molecule has 0 bridgehead atoms. The molecule has 2 aromatic rings. The van der Waals surface area contributed by atoms with Crippen LogP contribution >= 0.6 is 35.0 Å². The Balaban J connectivity index is 1.93. The van der Waals surface area contributed by atoms with E-state index in [9.17, 15) is 18.0 Å². The molecule has 0 saturated carbocycles. The number of alkyl halides is 3. The van der Waals surface area contributed by atoms with E-state index in [1.54, 1.807) is 25.1 Å². The lowest BCUT2D eigenvalue weighted by atomic mass is 9.86. The van der Waals surface area contributed by atoms with Crippen LogP contribution in [0.4, 0.5) is 13.2 Å². The van der Waals surface area contributed by atoms with Gasteiger partial charge in [0.25, 0.3) is 5.60 Å². The maximum Gasteiger partial charge on any atom is 0.435 e. The minimum absolute atomic E-state index is 0.0591. The van der Waals surface area contributed by atoms with Crippen LogP contribution in [0.15, 0.2) is 46.4 Å². The Labute approximate surface area is 178 Å². The summed E-state index contributed by atoms with van der Waals surface area (Å²) in [5.74, 6) is -1.07. The van der Waals surface area contributed by atoms with Crippen molar-refractivity contribution in [3.05, 3.63) is 63.1 Å². The Morgan fingerprint density at radius 2 is 1.90 bits per heavy atom. The van der Waals surface area contributed by atoms with E-state index in [-0.39, 0.29) is 27.1 Å². The van der Waals surface area contributed by atoms with Gasteiger partial charge in [-0.1, -0.05) is 34.4 Å². The van der Waals surface area contributed by atoms with Crippen molar-refractivity contribution in [2.24, 2.45) is 5.16 Å². The first-order valence-electron chi connectivity index (χ1n) is 8.26. The van der Waals surface area contributed by atoms with Gasteiger partial charge in [-0.05, 0) is 48.4 Å². The maximum atomic E-state index is 14.0. The first kappa shape index (κ1) is 21.8. The highest BCUT2D eigenvalue weighted by molar-refractivity contribution is 8.00. The van der Waals surface area contributed by atoms with E-state index >= 15 is 0 Å². The van der Waals surface area contributed by atoms with E-state index in [1.165, 1.54) is 6.07 Å². The first-order chi connectivity index (χ1) is 13.5. The molecule has 1 aliphatic heterocycles. The zero-order valence-electron chi connectivity index (χ0n) is 14.9. The highest BCUT2D eigenvalue weighted by Gasteiger charge is 2.62. The van der Waals surface area contributed by atoms with Crippen LogP contribution < -0.4 is 0 Å². The number of oxime groups is 1. The minimum Gasteiger partial charge on any atom is -0.481 e. The number of carboxylic acids is 1. The van der Waals surface area contributed by atoms with Crippen LogP contribution in [0.2, 0.25) is 10.0 Å². The molecule has 1 unspecified atom stereocenters. The lowest BCUT2D eigenvalue weighted by Crippen LogP contribution is -2.42. The molecule has 1 heterocycles. The Kier molecular flexibility index (Phi) is 6.08. The lowest BCUT2D eigenvalue weighted by molar-refractivity contribution is -0.275. The van der Waals surface area contributed by atoms with Crippen molar-refractivity contribution >= 4 is 46.6 Å². The van der Waals surface area contributed by atoms with Crippen molar-refractivity contribution in [3.8, 4) is 0 Å².